The molecule has 0 fully saturated rings. The molecule has 0 spiro atoms. The first-order chi connectivity index (χ1) is 13.0. The molecule has 0 unspecified atom stereocenters. The minimum atomic E-state index is -0.614. The average Bonchev–Trinajstić information content (AvgIpc) is 2.88. The minimum absolute atomic E-state index is 0.108. The molecule has 0 saturated carbocycles. The van der Waals surface area contributed by atoms with Gasteiger partial charge in [0.15, 0.2) is 0 Å². The second-order valence-corrected chi connectivity index (χ2v) is 7.29. The average molecular weight is 366 g/mol. The highest BCUT2D eigenvalue weighted by molar-refractivity contribution is 6.06. The molecule has 0 radical (unpaired) electrons. The van der Waals surface area contributed by atoms with Crippen LogP contribution in [0.3, 0.4) is 0 Å². The summed E-state index contributed by atoms with van der Waals surface area (Å²) < 4.78 is 5.75. The maximum atomic E-state index is 12.9. The van der Waals surface area contributed by atoms with Gasteiger partial charge in [0.05, 0.1) is 13.2 Å². The third-order valence-electron chi connectivity index (χ3n) is 4.63. The SMILES string of the molecule is CC(=O)N[C@@H]1C(=O)N(Cc2ccc(OCCC(C)C)cc2)c2ccccc21. The molecule has 0 aliphatic carbocycles. The number of para-hydroxylation sites is 1. The lowest BCUT2D eigenvalue weighted by Crippen LogP contribution is -2.36. The van der Waals surface area contributed by atoms with Crippen molar-refractivity contribution in [1.29, 1.82) is 0 Å². The van der Waals surface area contributed by atoms with Crippen LogP contribution in [0.25, 0.3) is 0 Å². The van der Waals surface area contributed by atoms with Gasteiger partial charge in [-0.25, -0.2) is 0 Å². The quantitative estimate of drug-likeness (QED) is 0.810. The maximum Gasteiger partial charge on any atom is 0.254 e. The molecule has 0 bridgehead atoms. The highest BCUT2D eigenvalue weighted by Gasteiger charge is 2.37. The van der Waals surface area contributed by atoms with Crippen molar-refractivity contribution in [3.05, 3.63) is 59.7 Å². The van der Waals surface area contributed by atoms with Crippen molar-refractivity contribution < 1.29 is 14.3 Å². The molecule has 1 heterocycles. The van der Waals surface area contributed by atoms with E-state index in [9.17, 15) is 9.59 Å². The molecule has 1 N–H and O–H groups in total. The second-order valence-electron chi connectivity index (χ2n) is 7.29. The molecule has 0 aromatic heterocycles. The molecular formula is C22H26N2O3. The summed E-state index contributed by atoms with van der Waals surface area (Å²) in [4.78, 5) is 26.1. The number of carbonyl (C=O) groups is 2. The summed E-state index contributed by atoms with van der Waals surface area (Å²) in [6.07, 6.45) is 1.02. The van der Waals surface area contributed by atoms with Crippen LogP contribution in [0.2, 0.25) is 0 Å². The zero-order chi connectivity index (χ0) is 19.4. The number of benzene rings is 2. The number of hydrogen-bond donors (Lipinski definition) is 1. The number of nitrogens with one attached hydrogen (secondary N) is 1. The van der Waals surface area contributed by atoms with Gasteiger partial charge in [-0.05, 0) is 36.1 Å². The van der Waals surface area contributed by atoms with Gasteiger partial charge < -0.3 is 15.0 Å². The predicted molar refractivity (Wildman–Crippen MR) is 106 cm³/mol. The van der Waals surface area contributed by atoms with Gasteiger partial charge in [0, 0.05) is 18.2 Å². The van der Waals surface area contributed by atoms with Crippen LogP contribution in [0, 0.1) is 5.92 Å². The van der Waals surface area contributed by atoms with Crippen LogP contribution in [0.4, 0.5) is 5.69 Å². The summed E-state index contributed by atoms with van der Waals surface area (Å²) >= 11 is 0. The van der Waals surface area contributed by atoms with E-state index in [-0.39, 0.29) is 11.8 Å². The Balaban J connectivity index is 1.71. The Kier molecular flexibility index (Phi) is 5.79. The molecule has 5 heteroatoms. The standard InChI is InChI=1S/C22H26N2O3/c1-15(2)12-13-27-18-10-8-17(9-11-18)14-24-20-7-5-4-6-19(20)21(22(24)26)23-16(3)25/h4-11,15,21H,12-14H2,1-3H3,(H,23,25)/t21-/m0/s1. The van der Waals surface area contributed by atoms with Crippen molar-refractivity contribution >= 4 is 17.5 Å². The van der Waals surface area contributed by atoms with Crippen molar-refractivity contribution in [3.8, 4) is 5.75 Å². The summed E-state index contributed by atoms with van der Waals surface area (Å²) in [7, 11) is 0. The first-order valence-electron chi connectivity index (χ1n) is 9.35. The molecule has 27 heavy (non-hydrogen) atoms. The van der Waals surface area contributed by atoms with Crippen LogP contribution >= 0.6 is 0 Å². The first-order valence-corrected chi connectivity index (χ1v) is 9.35. The molecule has 3 rings (SSSR count). The number of amides is 2. The summed E-state index contributed by atoms with van der Waals surface area (Å²) in [6, 6.07) is 14.8. The highest BCUT2D eigenvalue weighted by atomic mass is 16.5. The van der Waals surface area contributed by atoms with Crippen LogP contribution < -0.4 is 15.0 Å². The lowest BCUT2D eigenvalue weighted by Gasteiger charge is -2.18. The molecule has 2 aromatic rings. The molecule has 142 valence electrons. The molecule has 1 atom stereocenters. The normalized spacial score (nSPS) is 15.8. The topological polar surface area (TPSA) is 58.6 Å². The Bertz CT molecular complexity index is 815. The van der Waals surface area contributed by atoms with Gasteiger partial charge in [-0.15, -0.1) is 0 Å². The summed E-state index contributed by atoms with van der Waals surface area (Å²) in [5.74, 6) is 1.13. The van der Waals surface area contributed by atoms with Crippen molar-refractivity contribution in [1.82, 2.24) is 5.32 Å². The second kappa shape index (κ2) is 8.25. The fourth-order valence-electron chi connectivity index (χ4n) is 3.18. The van der Waals surface area contributed by atoms with Gasteiger partial charge >= 0.3 is 0 Å². The van der Waals surface area contributed by atoms with Gasteiger partial charge in [0.1, 0.15) is 11.8 Å². The van der Waals surface area contributed by atoms with Crippen LogP contribution in [0.1, 0.15) is 44.4 Å². The van der Waals surface area contributed by atoms with E-state index < -0.39 is 6.04 Å². The third-order valence-corrected chi connectivity index (χ3v) is 4.63. The first kappa shape index (κ1) is 19.0. The van der Waals surface area contributed by atoms with Crippen molar-refractivity contribution in [2.45, 2.75) is 39.8 Å². The Hall–Kier alpha value is -2.82. The van der Waals surface area contributed by atoms with E-state index in [0.29, 0.717) is 19.1 Å². The Morgan fingerprint density at radius 1 is 1.15 bits per heavy atom. The lowest BCUT2D eigenvalue weighted by atomic mass is 10.1. The van der Waals surface area contributed by atoms with Crippen LogP contribution in [-0.2, 0) is 16.1 Å². The van der Waals surface area contributed by atoms with Gasteiger partial charge in [-0.1, -0.05) is 44.2 Å². The zero-order valence-electron chi connectivity index (χ0n) is 16.1. The van der Waals surface area contributed by atoms with E-state index >= 15 is 0 Å². The summed E-state index contributed by atoms with van der Waals surface area (Å²) in [5.41, 5.74) is 2.70. The fraction of sp³-hybridized carbons (Fsp3) is 0.364. The monoisotopic (exact) mass is 366 g/mol. The van der Waals surface area contributed by atoms with Crippen molar-refractivity contribution in [3.63, 3.8) is 0 Å². The molecule has 1 aliphatic rings. The number of hydrogen-bond acceptors (Lipinski definition) is 3. The number of anilines is 1. The van der Waals surface area contributed by atoms with Crippen molar-refractivity contribution in [2.24, 2.45) is 5.92 Å². The van der Waals surface area contributed by atoms with Crippen LogP contribution in [-0.4, -0.2) is 18.4 Å². The largest absolute Gasteiger partial charge is 0.494 e. The Morgan fingerprint density at radius 3 is 2.52 bits per heavy atom. The van der Waals surface area contributed by atoms with Gasteiger partial charge in [-0.3, -0.25) is 9.59 Å². The van der Waals surface area contributed by atoms with Gasteiger partial charge in [0.25, 0.3) is 5.91 Å². The Labute approximate surface area is 160 Å². The van der Waals surface area contributed by atoms with Gasteiger partial charge in [0.2, 0.25) is 5.91 Å². The molecular weight excluding hydrogens is 340 g/mol. The summed E-state index contributed by atoms with van der Waals surface area (Å²) in [6.45, 7) is 6.93. The number of fused-ring (bicyclic) bond motifs is 1. The number of carbonyl (C=O) groups excluding carboxylic acids is 2. The zero-order valence-corrected chi connectivity index (χ0v) is 16.1. The third kappa shape index (κ3) is 4.48. The van der Waals surface area contributed by atoms with E-state index in [1.807, 2.05) is 48.5 Å². The Morgan fingerprint density at radius 2 is 1.85 bits per heavy atom. The van der Waals surface area contributed by atoms with Gasteiger partial charge in [-0.2, -0.15) is 0 Å². The number of ether oxygens (including phenoxy) is 1. The predicted octanol–water partition coefficient (Wildman–Crippen LogP) is 3.84. The lowest BCUT2D eigenvalue weighted by molar-refractivity contribution is -0.126. The fourth-order valence-corrected chi connectivity index (χ4v) is 3.18. The smallest absolute Gasteiger partial charge is 0.254 e. The highest BCUT2D eigenvalue weighted by Crippen LogP contribution is 2.36. The van der Waals surface area contributed by atoms with Crippen molar-refractivity contribution in [2.75, 3.05) is 11.5 Å². The van der Waals surface area contributed by atoms with E-state index in [1.165, 1.54) is 6.92 Å². The van der Waals surface area contributed by atoms with E-state index in [2.05, 4.69) is 19.2 Å². The molecule has 0 saturated heterocycles. The van der Waals surface area contributed by atoms with Crippen LogP contribution in [0.5, 0.6) is 5.75 Å². The molecule has 5 nitrogen and oxygen atoms in total. The van der Waals surface area contributed by atoms with E-state index in [1.54, 1.807) is 4.90 Å². The number of nitrogens with zero attached hydrogens (tertiary/aromatic N) is 1. The minimum Gasteiger partial charge on any atom is -0.494 e. The van der Waals surface area contributed by atoms with E-state index in [0.717, 1.165) is 29.0 Å². The van der Waals surface area contributed by atoms with Crippen LogP contribution in [0.15, 0.2) is 48.5 Å². The summed E-state index contributed by atoms with van der Waals surface area (Å²) in [5, 5.41) is 2.75. The maximum absolute atomic E-state index is 12.9. The molecule has 2 amide bonds. The molecule has 1 aliphatic heterocycles. The number of rotatable bonds is 7. The van der Waals surface area contributed by atoms with E-state index in [4.69, 9.17) is 4.74 Å². The molecule has 2 aromatic carbocycles.